The van der Waals surface area contributed by atoms with E-state index in [-0.39, 0.29) is 17.8 Å². The molecule has 1 fully saturated rings. The maximum absolute atomic E-state index is 13.4. The number of nitrogens with zero attached hydrogens (tertiary/aromatic N) is 1. The second kappa shape index (κ2) is 7.71. The molecule has 1 atom stereocenters. The lowest BCUT2D eigenvalue weighted by molar-refractivity contribution is 0.0933. The number of hydrogen-bond donors (Lipinski definition) is 2. The van der Waals surface area contributed by atoms with Gasteiger partial charge in [-0.3, -0.25) is 9.69 Å². The first-order valence-corrected chi connectivity index (χ1v) is 9.54. The smallest absolute Gasteiger partial charge is 0.267 e. The molecule has 0 aliphatic carbocycles. The van der Waals surface area contributed by atoms with Crippen LogP contribution in [0, 0.1) is 5.82 Å². The molecule has 6 heteroatoms. The summed E-state index contributed by atoms with van der Waals surface area (Å²) in [6.45, 7) is 2.46. The van der Waals surface area contributed by atoms with E-state index >= 15 is 0 Å². The third kappa shape index (κ3) is 3.84. The van der Waals surface area contributed by atoms with E-state index in [1.807, 2.05) is 24.3 Å². The van der Waals surface area contributed by atoms with Gasteiger partial charge in [0.1, 0.15) is 11.5 Å². The van der Waals surface area contributed by atoms with E-state index in [1.165, 1.54) is 12.1 Å². The number of rotatable bonds is 5. The highest BCUT2D eigenvalue weighted by atomic mass is 35.5. The molecular weight excluding hydrogens is 365 g/mol. The highest BCUT2D eigenvalue weighted by Crippen LogP contribution is 2.29. The Morgan fingerprint density at radius 3 is 2.74 bits per heavy atom. The van der Waals surface area contributed by atoms with Gasteiger partial charge in [-0.1, -0.05) is 29.8 Å². The molecule has 2 heterocycles. The van der Waals surface area contributed by atoms with Crippen LogP contribution >= 0.6 is 11.6 Å². The van der Waals surface area contributed by atoms with Crippen LogP contribution in [0.1, 0.15) is 34.9 Å². The summed E-state index contributed by atoms with van der Waals surface area (Å²) < 4.78 is 13.4. The second-order valence-corrected chi connectivity index (χ2v) is 7.31. The lowest BCUT2D eigenvalue weighted by Gasteiger charge is -2.28. The van der Waals surface area contributed by atoms with Crippen molar-refractivity contribution in [1.29, 1.82) is 0 Å². The first-order valence-electron chi connectivity index (χ1n) is 9.17. The van der Waals surface area contributed by atoms with Crippen molar-refractivity contribution in [3.63, 3.8) is 0 Å². The molecule has 1 saturated heterocycles. The fourth-order valence-electron chi connectivity index (χ4n) is 3.74. The largest absolute Gasteiger partial charge is 0.351 e. The zero-order chi connectivity index (χ0) is 18.8. The number of halogens is 2. The molecule has 0 bridgehead atoms. The molecule has 1 aromatic heterocycles. The van der Waals surface area contributed by atoms with E-state index in [9.17, 15) is 9.18 Å². The number of aromatic nitrogens is 1. The average Bonchev–Trinajstić information content (AvgIpc) is 3.32. The molecule has 0 saturated carbocycles. The van der Waals surface area contributed by atoms with Gasteiger partial charge in [0.05, 0.1) is 6.04 Å². The van der Waals surface area contributed by atoms with E-state index in [4.69, 9.17) is 11.6 Å². The lowest BCUT2D eigenvalue weighted by Crippen LogP contribution is -2.37. The normalized spacial score (nSPS) is 15.9. The molecule has 2 N–H and O–H groups in total. The minimum Gasteiger partial charge on any atom is -0.351 e. The van der Waals surface area contributed by atoms with Gasteiger partial charge in [-0.15, -0.1) is 0 Å². The van der Waals surface area contributed by atoms with Crippen LogP contribution in [0.25, 0.3) is 10.9 Å². The molecule has 3 aromatic rings. The summed E-state index contributed by atoms with van der Waals surface area (Å²) >= 11 is 6.42. The number of hydrogen-bond acceptors (Lipinski definition) is 2. The summed E-state index contributed by atoms with van der Waals surface area (Å²) in [5, 5.41) is 4.41. The highest BCUT2D eigenvalue weighted by molar-refractivity contribution is 6.31. The van der Waals surface area contributed by atoms with Gasteiger partial charge in [-0.25, -0.2) is 4.39 Å². The lowest BCUT2D eigenvalue weighted by atomic mass is 10.1. The first kappa shape index (κ1) is 18.0. The van der Waals surface area contributed by atoms with E-state index in [0.717, 1.165) is 37.0 Å². The highest BCUT2D eigenvalue weighted by Gasteiger charge is 2.25. The topological polar surface area (TPSA) is 48.1 Å². The molecule has 0 spiro atoms. The molecule has 0 unspecified atom stereocenters. The monoisotopic (exact) mass is 385 g/mol. The van der Waals surface area contributed by atoms with Crippen LogP contribution in [0.5, 0.6) is 0 Å². The Hall–Kier alpha value is -2.37. The Morgan fingerprint density at radius 2 is 1.96 bits per heavy atom. The first-order chi connectivity index (χ1) is 13.1. The molecule has 1 amide bonds. The van der Waals surface area contributed by atoms with Crippen LogP contribution in [0.3, 0.4) is 0 Å². The van der Waals surface area contributed by atoms with Crippen molar-refractivity contribution in [1.82, 2.24) is 15.2 Å². The number of carbonyl (C=O) groups excluding carboxylic acids is 1. The van der Waals surface area contributed by atoms with E-state index in [2.05, 4.69) is 15.2 Å². The van der Waals surface area contributed by atoms with E-state index in [0.29, 0.717) is 22.6 Å². The Labute approximate surface area is 162 Å². The molecule has 2 aromatic carbocycles. The van der Waals surface area contributed by atoms with Gasteiger partial charge in [0, 0.05) is 22.5 Å². The van der Waals surface area contributed by atoms with Crippen LogP contribution in [0.15, 0.2) is 48.5 Å². The Bertz CT molecular complexity index is 965. The van der Waals surface area contributed by atoms with Crippen molar-refractivity contribution in [2.24, 2.45) is 0 Å². The van der Waals surface area contributed by atoms with Gasteiger partial charge < -0.3 is 10.3 Å². The third-order valence-electron chi connectivity index (χ3n) is 5.13. The predicted molar refractivity (Wildman–Crippen MR) is 106 cm³/mol. The SMILES string of the molecule is O=C(NC[C@@H](c1ccccc1Cl)N1CCCC1)c1cc2cc(F)ccc2[nH]1. The maximum atomic E-state index is 13.4. The second-order valence-electron chi connectivity index (χ2n) is 6.90. The van der Waals surface area contributed by atoms with Crippen LogP contribution in [-0.2, 0) is 0 Å². The fraction of sp³-hybridized carbons (Fsp3) is 0.286. The minimum atomic E-state index is -0.318. The molecule has 0 radical (unpaired) electrons. The molecule has 4 rings (SSSR count). The number of amides is 1. The van der Waals surface area contributed by atoms with E-state index in [1.54, 1.807) is 12.1 Å². The summed E-state index contributed by atoms with van der Waals surface area (Å²) in [5.41, 5.74) is 2.19. The van der Waals surface area contributed by atoms with Crippen LogP contribution < -0.4 is 5.32 Å². The summed E-state index contributed by atoms with van der Waals surface area (Å²) in [6, 6.07) is 13.9. The van der Waals surface area contributed by atoms with Crippen molar-refractivity contribution >= 4 is 28.4 Å². The Morgan fingerprint density at radius 1 is 1.19 bits per heavy atom. The van der Waals surface area contributed by atoms with Crippen molar-refractivity contribution in [2.75, 3.05) is 19.6 Å². The van der Waals surface area contributed by atoms with Gasteiger partial charge in [0.2, 0.25) is 0 Å². The van der Waals surface area contributed by atoms with Gasteiger partial charge in [0.25, 0.3) is 5.91 Å². The van der Waals surface area contributed by atoms with Crippen molar-refractivity contribution in [2.45, 2.75) is 18.9 Å². The van der Waals surface area contributed by atoms with Crippen molar-refractivity contribution in [3.05, 3.63) is 70.6 Å². The number of aromatic amines is 1. The molecule has 1 aliphatic heterocycles. The number of carbonyl (C=O) groups is 1. The number of H-pyrrole nitrogens is 1. The van der Waals surface area contributed by atoms with Crippen LogP contribution in [0.2, 0.25) is 5.02 Å². The third-order valence-corrected chi connectivity index (χ3v) is 5.47. The van der Waals surface area contributed by atoms with Gasteiger partial charge >= 0.3 is 0 Å². The van der Waals surface area contributed by atoms with Crippen molar-refractivity contribution < 1.29 is 9.18 Å². The standard InChI is InChI=1S/C21H21ClFN3O/c22-17-6-2-1-5-16(17)20(26-9-3-4-10-26)13-24-21(27)19-12-14-11-15(23)7-8-18(14)25-19/h1-2,5-8,11-12,20,25H,3-4,9-10,13H2,(H,24,27)/t20-/m0/s1. The summed E-state index contributed by atoms with van der Waals surface area (Å²) in [5.74, 6) is -0.524. The quantitative estimate of drug-likeness (QED) is 0.678. The number of nitrogens with one attached hydrogen (secondary N) is 2. The minimum absolute atomic E-state index is 0.0342. The van der Waals surface area contributed by atoms with Gasteiger partial charge in [-0.05, 0) is 61.8 Å². The fourth-order valence-corrected chi connectivity index (χ4v) is 4.01. The molecule has 27 heavy (non-hydrogen) atoms. The molecule has 4 nitrogen and oxygen atoms in total. The molecule has 1 aliphatic rings. The number of likely N-dealkylation sites (tertiary alicyclic amines) is 1. The number of benzene rings is 2. The van der Waals surface area contributed by atoms with Gasteiger partial charge in [0.15, 0.2) is 0 Å². The summed E-state index contributed by atoms with van der Waals surface area (Å²) in [4.78, 5) is 18.1. The number of fused-ring (bicyclic) bond motifs is 1. The zero-order valence-corrected chi connectivity index (χ0v) is 15.6. The Balaban J connectivity index is 1.52. The zero-order valence-electron chi connectivity index (χ0n) is 14.8. The molecule has 140 valence electrons. The summed E-state index contributed by atoms with van der Waals surface area (Å²) in [7, 11) is 0. The maximum Gasteiger partial charge on any atom is 0.267 e. The van der Waals surface area contributed by atoms with Gasteiger partial charge in [-0.2, -0.15) is 0 Å². The Kier molecular flexibility index (Phi) is 5.14. The van der Waals surface area contributed by atoms with E-state index < -0.39 is 0 Å². The summed E-state index contributed by atoms with van der Waals surface area (Å²) in [6.07, 6.45) is 2.31. The van der Waals surface area contributed by atoms with Crippen molar-refractivity contribution in [3.8, 4) is 0 Å². The van der Waals surface area contributed by atoms with Crippen LogP contribution in [-0.4, -0.2) is 35.4 Å². The average molecular weight is 386 g/mol. The predicted octanol–water partition coefficient (Wildman–Crippen LogP) is 4.53. The van der Waals surface area contributed by atoms with Crippen LogP contribution in [0.4, 0.5) is 4.39 Å². The molecular formula is C21H21ClFN3O.